The van der Waals surface area contributed by atoms with Gasteiger partial charge in [0.2, 0.25) is 5.91 Å². The number of carboxylic acids is 2. The SMILES string of the molecule is COc1ccc(CN2CCN(C(=O)C(c3ccccc3)c3ccccc3)CC2)c(OC)c1.O=C(O)C(=O)O. The van der Waals surface area contributed by atoms with Gasteiger partial charge in [0, 0.05) is 44.4 Å². The largest absolute Gasteiger partial charge is 0.497 e. The van der Waals surface area contributed by atoms with Crippen molar-refractivity contribution in [3.8, 4) is 11.5 Å². The number of piperazine rings is 1. The summed E-state index contributed by atoms with van der Waals surface area (Å²) in [6.45, 7) is 3.88. The average molecular weight is 521 g/mol. The molecule has 1 saturated heterocycles. The molecule has 0 radical (unpaired) electrons. The predicted octanol–water partition coefficient (Wildman–Crippen LogP) is 3.34. The number of carboxylic acid groups (broad SMARTS) is 2. The van der Waals surface area contributed by atoms with Crippen LogP contribution < -0.4 is 9.47 Å². The van der Waals surface area contributed by atoms with E-state index in [1.165, 1.54) is 0 Å². The first-order valence-corrected chi connectivity index (χ1v) is 12.1. The molecule has 1 fully saturated rings. The second-order valence-electron chi connectivity index (χ2n) is 8.64. The maximum absolute atomic E-state index is 13.6. The number of aliphatic carboxylic acids is 2. The molecule has 0 spiro atoms. The molecule has 0 unspecified atom stereocenters. The van der Waals surface area contributed by atoms with Crippen LogP contribution in [0, 0.1) is 0 Å². The quantitative estimate of drug-likeness (QED) is 0.456. The first kappa shape index (κ1) is 28.2. The zero-order valence-corrected chi connectivity index (χ0v) is 21.4. The summed E-state index contributed by atoms with van der Waals surface area (Å²) >= 11 is 0. The Morgan fingerprint density at radius 3 is 1.74 bits per heavy atom. The molecule has 0 atom stereocenters. The summed E-state index contributed by atoms with van der Waals surface area (Å²) in [4.78, 5) is 36.2. The molecule has 3 aromatic carbocycles. The minimum atomic E-state index is -1.82. The molecular formula is C29H32N2O7. The zero-order valence-electron chi connectivity index (χ0n) is 21.4. The number of methoxy groups -OCH3 is 2. The van der Waals surface area contributed by atoms with Crippen LogP contribution in [0.25, 0.3) is 0 Å². The third-order valence-corrected chi connectivity index (χ3v) is 6.27. The lowest BCUT2D eigenvalue weighted by molar-refractivity contribution is -0.159. The van der Waals surface area contributed by atoms with Gasteiger partial charge in [0.15, 0.2) is 0 Å². The second kappa shape index (κ2) is 13.8. The topological polar surface area (TPSA) is 117 Å². The van der Waals surface area contributed by atoms with Crippen molar-refractivity contribution in [1.82, 2.24) is 9.80 Å². The van der Waals surface area contributed by atoms with Crippen LogP contribution in [-0.4, -0.2) is 78.3 Å². The standard InChI is InChI=1S/C27H30N2O3.C2H2O4/c1-31-24-14-13-23(25(19-24)32-2)20-28-15-17-29(18-16-28)27(30)26(21-9-5-3-6-10-21)22-11-7-4-8-12-22;3-1(4)2(5)6/h3-14,19,26H,15-18,20H2,1-2H3;(H,3,4)(H,5,6). The highest BCUT2D eigenvalue weighted by molar-refractivity contribution is 6.27. The van der Waals surface area contributed by atoms with E-state index in [0.717, 1.165) is 47.8 Å². The Kier molecular flexibility index (Phi) is 10.2. The van der Waals surface area contributed by atoms with Gasteiger partial charge in [-0.2, -0.15) is 0 Å². The van der Waals surface area contributed by atoms with E-state index >= 15 is 0 Å². The number of ether oxygens (including phenoxy) is 2. The molecule has 38 heavy (non-hydrogen) atoms. The Morgan fingerprint density at radius 1 is 0.763 bits per heavy atom. The van der Waals surface area contributed by atoms with Gasteiger partial charge in [-0.15, -0.1) is 0 Å². The van der Waals surface area contributed by atoms with Gasteiger partial charge in [-0.25, -0.2) is 9.59 Å². The number of hydrogen-bond donors (Lipinski definition) is 2. The fourth-order valence-electron chi connectivity index (χ4n) is 4.30. The molecule has 4 rings (SSSR count). The minimum absolute atomic E-state index is 0.170. The molecule has 3 aromatic rings. The summed E-state index contributed by atoms with van der Waals surface area (Å²) in [7, 11) is 3.34. The molecule has 9 heteroatoms. The molecule has 1 aliphatic heterocycles. The van der Waals surface area contributed by atoms with Gasteiger partial charge in [-0.05, 0) is 17.2 Å². The average Bonchev–Trinajstić information content (AvgIpc) is 2.95. The molecule has 2 N–H and O–H groups in total. The molecule has 0 saturated carbocycles. The number of benzene rings is 3. The van der Waals surface area contributed by atoms with E-state index in [1.54, 1.807) is 14.2 Å². The first-order valence-electron chi connectivity index (χ1n) is 12.1. The summed E-state index contributed by atoms with van der Waals surface area (Å²) in [6, 6.07) is 26.1. The monoisotopic (exact) mass is 520 g/mol. The lowest BCUT2D eigenvalue weighted by atomic mass is 9.90. The zero-order chi connectivity index (χ0) is 27.5. The van der Waals surface area contributed by atoms with Crippen LogP contribution in [0.3, 0.4) is 0 Å². The van der Waals surface area contributed by atoms with Crippen molar-refractivity contribution in [1.29, 1.82) is 0 Å². The molecule has 1 aliphatic rings. The lowest BCUT2D eigenvalue weighted by Crippen LogP contribution is -2.49. The number of amides is 1. The normalized spacial score (nSPS) is 13.3. The molecule has 0 bridgehead atoms. The van der Waals surface area contributed by atoms with Crippen molar-refractivity contribution in [3.63, 3.8) is 0 Å². The number of carbonyl (C=O) groups excluding carboxylic acids is 1. The maximum atomic E-state index is 13.6. The summed E-state index contributed by atoms with van der Waals surface area (Å²) in [6.07, 6.45) is 0. The van der Waals surface area contributed by atoms with Crippen molar-refractivity contribution in [2.24, 2.45) is 0 Å². The van der Waals surface area contributed by atoms with Crippen LogP contribution in [-0.2, 0) is 20.9 Å². The maximum Gasteiger partial charge on any atom is 0.414 e. The van der Waals surface area contributed by atoms with Crippen LogP contribution in [0.5, 0.6) is 11.5 Å². The number of carbonyl (C=O) groups is 3. The van der Waals surface area contributed by atoms with Gasteiger partial charge >= 0.3 is 11.9 Å². The van der Waals surface area contributed by atoms with Gasteiger partial charge in [-0.3, -0.25) is 9.69 Å². The number of hydrogen-bond acceptors (Lipinski definition) is 6. The minimum Gasteiger partial charge on any atom is -0.497 e. The fourth-order valence-corrected chi connectivity index (χ4v) is 4.30. The van der Waals surface area contributed by atoms with Crippen LogP contribution >= 0.6 is 0 Å². The Morgan fingerprint density at radius 2 is 1.29 bits per heavy atom. The molecule has 9 nitrogen and oxygen atoms in total. The summed E-state index contributed by atoms with van der Waals surface area (Å²) in [5.74, 6) is -2.13. The number of rotatable bonds is 7. The van der Waals surface area contributed by atoms with E-state index in [-0.39, 0.29) is 11.8 Å². The van der Waals surface area contributed by atoms with Crippen molar-refractivity contribution in [3.05, 3.63) is 95.6 Å². The van der Waals surface area contributed by atoms with E-state index in [2.05, 4.69) is 11.0 Å². The van der Waals surface area contributed by atoms with Crippen LogP contribution in [0.15, 0.2) is 78.9 Å². The molecule has 0 aromatic heterocycles. The third-order valence-electron chi connectivity index (χ3n) is 6.27. The van der Waals surface area contributed by atoms with Crippen LogP contribution in [0.2, 0.25) is 0 Å². The summed E-state index contributed by atoms with van der Waals surface area (Å²) in [5, 5.41) is 14.8. The van der Waals surface area contributed by atoms with Gasteiger partial charge in [0.25, 0.3) is 0 Å². The summed E-state index contributed by atoms with van der Waals surface area (Å²) in [5.41, 5.74) is 3.20. The molecule has 1 heterocycles. The van der Waals surface area contributed by atoms with Crippen molar-refractivity contribution < 1.29 is 34.1 Å². The van der Waals surface area contributed by atoms with Gasteiger partial charge in [0.05, 0.1) is 20.1 Å². The van der Waals surface area contributed by atoms with E-state index < -0.39 is 11.9 Å². The lowest BCUT2D eigenvalue weighted by Gasteiger charge is -2.37. The van der Waals surface area contributed by atoms with Gasteiger partial charge in [0.1, 0.15) is 11.5 Å². The Bertz CT molecular complexity index is 1160. The highest BCUT2D eigenvalue weighted by Crippen LogP contribution is 2.29. The second-order valence-corrected chi connectivity index (χ2v) is 8.64. The molecule has 1 amide bonds. The van der Waals surface area contributed by atoms with E-state index in [4.69, 9.17) is 29.3 Å². The van der Waals surface area contributed by atoms with Crippen molar-refractivity contribution >= 4 is 17.8 Å². The smallest absolute Gasteiger partial charge is 0.414 e. The van der Waals surface area contributed by atoms with Gasteiger partial charge < -0.3 is 24.6 Å². The summed E-state index contributed by atoms with van der Waals surface area (Å²) < 4.78 is 10.8. The molecule has 200 valence electrons. The predicted molar refractivity (Wildman–Crippen MR) is 141 cm³/mol. The third kappa shape index (κ3) is 7.57. The highest BCUT2D eigenvalue weighted by atomic mass is 16.5. The highest BCUT2D eigenvalue weighted by Gasteiger charge is 2.30. The fraction of sp³-hybridized carbons (Fsp3) is 0.276. The van der Waals surface area contributed by atoms with Crippen molar-refractivity contribution in [2.45, 2.75) is 12.5 Å². The first-order chi connectivity index (χ1) is 18.3. The van der Waals surface area contributed by atoms with Crippen LogP contribution in [0.4, 0.5) is 0 Å². The molecule has 0 aliphatic carbocycles. The Balaban J connectivity index is 0.000000599. The van der Waals surface area contributed by atoms with Crippen molar-refractivity contribution in [2.75, 3.05) is 40.4 Å². The van der Waals surface area contributed by atoms with E-state index in [1.807, 2.05) is 77.7 Å². The Hall–Kier alpha value is -4.37. The van der Waals surface area contributed by atoms with E-state index in [0.29, 0.717) is 13.1 Å². The van der Waals surface area contributed by atoms with Gasteiger partial charge in [-0.1, -0.05) is 66.7 Å². The molecular weight excluding hydrogens is 488 g/mol. The van der Waals surface area contributed by atoms with Crippen LogP contribution in [0.1, 0.15) is 22.6 Å². The Labute approximate surface area is 221 Å². The number of nitrogens with zero attached hydrogens (tertiary/aromatic N) is 2. The van der Waals surface area contributed by atoms with E-state index in [9.17, 15) is 4.79 Å².